The Balaban J connectivity index is 2.01. The van der Waals surface area contributed by atoms with Gasteiger partial charge < -0.3 is 34.6 Å². The fraction of sp³-hybridized carbons (Fsp3) is 0.522. The molecular formula is C23H31NO10. The van der Waals surface area contributed by atoms with Crippen molar-refractivity contribution in [3.63, 3.8) is 0 Å². The lowest BCUT2D eigenvalue weighted by atomic mass is 9.97. The number of amides is 1. The molecule has 0 aliphatic carbocycles. The van der Waals surface area contributed by atoms with Gasteiger partial charge in [0.25, 0.3) is 0 Å². The van der Waals surface area contributed by atoms with Gasteiger partial charge in [-0.2, -0.15) is 0 Å². The summed E-state index contributed by atoms with van der Waals surface area (Å²) in [5, 5.41) is 41.0. The number of anilines is 1. The largest absolute Gasteiger partial charge is 0.479 e. The van der Waals surface area contributed by atoms with Crippen molar-refractivity contribution < 1.29 is 49.0 Å². The lowest BCUT2D eigenvalue weighted by Gasteiger charge is -2.37. The molecule has 0 unspecified atom stereocenters. The highest BCUT2D eigenvalue weighted by Gasteiger charge is 2.48. The minimum Gasteiger partial charge on any atom is -0.479 e. The van der Waals surface area contributed by atoms with Crippen molar-refractivity contribution >= 4 is 29.8 Å². The Morgan fingerprint density at radius 2 is 1.79 bits per heavy atom. The van der Waals surface area contributed by atoms with Crippen LogP contribution in [0.25, 0.3) is 6.08 Å². The first-order chi connectivity index (χ1) is 15.8. The normalized spacial score (nSPS) is 25.1. The number of carboxylic acids is 1. The molecular weight excluding hydrogens is 450 g/mol. The van der Waals surface area contributed by atoms with E-state index >= 15 is 0 Å². The Morgan fingerprint density at radius 3 is 2.38 bits per heavy atom. The lowest BCUT2D eigenvalue weighted by molar-refractivity contribution is -0.277. The first kappa shape index (κ1) is 27.3. The topological polar surface area (TPSA) is 172 Å². The molecule has 1 aromatic carbocycles. The zero-order valence-electron chi connectivity index (χ0n) is 19.4. The number of rotatable bonds is 7. The van der Waals surface area contributed by atoms with E-state index in [-0.39, 0.29) is 12.6 Å². The fourth-order valence-corrected chi connectivity index (χ4v) is 3.05. The molecule has 1 aromatic rings. The molecule has 1 fully saturated rings. The summed E-state index contributed by atoms with van der Waals surface area (Å²) in [6.07, 6.45) is -6.34. The quantitative estimate of drug-likeness (QED) is 0.357. The summed E-state index contributed by atoms with van der Waals surface area (Å²) < 4.78 is 15.1. The molecule has 0 spiro atoms. The number of carbonyl (C=O) groups is 3. The number of esters is 1. The van der Waals surface area contributed by atoms with Gasteiger partial charge in [-0.1, -0.05) is 19.1 Å². The van der Waals surface area contributed by atoms with Crippen LogP contribution in [0, 0.1) is 5.41 Å². The van der Waals surface area contributed by atoms with Gasteiger partial charge in [-0.15, -0.1) is 0 Å². The van der Waals surface area contributed by atoms with E-state index in [2.05, 4.69) is 5.32 Å². The molecule has 1 saturated heterocycles. The van der Waals surface area contributed by atoms with Crippen LogP contribution in [0.2, 0.25) is 0 Å². The van der Waals surface area contributed by atoms with Crippen molar-refractivity contribution in [2.45, 2.75) is 64.8 Å². The van der Waals surface area contributed by atoms with Crippen molar-refractivity contribution in [3.8, 4) is 0 Å². The molecule has 5 atom stereocenters. The van der Waals surface area contributed by atoms with Crippen LogP contribution >= 0.6 is 0 Å². The predicted molar refractivity (Wildman–Crippen MR) is 120 cm³/mol. The number of hydrogen-bond donors (Lipinski definition) is 5. The van der Waals surface area contributed by atoms with Crippen molar-refractivity contribution in [1.29, 1.82) is 0 Å². The first-order valence-electron chi connectivity index (χ1n) is 10.7. The van der Waals surface area contributed by atoms with Crippen LogP contribution < -0.4 is 5.32 Å². The number of aliphatic carboxylic acids is 1. The number of carboxylic acid groups (broad SMARTS) is 1. The van der Waals surface area contributed by atoms with Crippen LogP contribution in [0.3, 0.4) is 0 Å². The number of aryl methyl sites for hydroxylation is 1. The average molecular weight is 481 g/mol. The Kier molecular flexibility index (Phi) is 9.16. The standard InChI is InChI=1S/C23H31NO10/c1-5-13-11-12(7-6-10-32-21(30)23(2,3)4)8-9-14(13)24-22(31)34-20-17(27)15(25)16(26)18(33-20)19(28)29/h6-9,11,15-18,20,25-27H,5,10H2,1-4H3,(H,24,31)(H,28,29)/b7-6+/t15-,16-,17+,18-,20-/m0/s1. The van der Waals surface area contributed by atoms with Gasteiger partial charge in [0.2, 0.25) is 6.29 Å². The van der Waals surface area contributed by atoms with Crippen molar-refractivity contribution in [1.82, 2.24) is 0 Å². The molecule has 188 valence electrons. The molecule has 11 nitrogen and oxygen atoms in total. The van der Waals surface area contributed by atoms with Crippen LogP contribution in [0.15, 0.2) is 24.3 Å². The molecule has 0 radical (unpaired) electrons. The molecule has 11 heteroatoms. The molecule has 1 amide bonds. The van der Waals surface area contributed by atoms with E-state index in [0.717, 1.165) is 11.1 Å². The highest BCUT2D eigenvalue weighted by atomic mass is 16.7. The van der Waals surface area contributed by atoms with Gasteiger partial charge >= 0.3 is 18.0 Å². The maximum atomic E-state index is 12.3. The van der Waals surface area contributed by atoms with E-state index < -0.39 is 48.2 Å². The van der Waals surface area contributed by atoms with Gasteiger partial charge in [0.1, 0.15) is 24.9 Å². The van der Waals surface area contributed by atoms with E-state index in [1.54, 1.807) is 45.1 Å². The third kappa shape index (κ3) is 7.00. The van der Waals surface area contributed by atoms with Gasteiger partial charge in [0, 0.05) is 5.69 Å². The van der Waals surface area contributed by atoms with Crippen molar-refractivity contribution in [2.75, 3.05) is 11.9 Å². The van der Waals surface area contributed by atoms with Gasteiger partial charge in [-0.05, 0) is 56.5 Å². The highest BCUT2D eigenvalue weighted by molar-refractivity contribution is 5.86. The highest BCUT2D eigenvalue weighted by Crippen LogP contribution is 2.24. The molecule has 5 N–H and O–H groups in total. The molecule has 1 aliphatic rings. The van der Waals surface area contributed by atoms with Crippen molar-refractivity contribution in [2.24, 2.45) is 5.41 Å². The van der Waals surface area contributed by atoms with E-state index in [1.165, 1.54) is 0 Å². The van der Waals surface area contributed by atoms with E-state index in [0.29, 0.717) is 12.1 Å². The minimum atomic E-state index is -1.89. The smallest absolute Gasteiger partial charge is 0.414 e. The van der Waals surface area contributed by atoms with Gasteiger partial charge in [-0.3, -0.25) is 10.1 Å². The molecule has 0 aromatic heterocycles. The summed E-state index contributed by atoms with van der Waals surface area (Å²) in [6.45, 7) is 7.28. The second-order valence-corrected chi connectivity index (χ2v) is 8.79. The molecule has 1 aliphatic heterocycles. The first-order valence-corrected chi connectivity index (χ1v) is 10.7. The zero-order valence-corrected chi connectivity index (χ0v) is 19.4. The van der Waals surface area contributed by atoms with Gasteiger partial charge in [0.15, 0.2) is 6.10 Å². The summed E-state index contributed by atoms with van der Waals surface area (Å²) in [5.74, 6) is -1.90. The molecule has 0 bridgehead atoms. The monoisotopic (exact) mass is 481 g/mol. The summed E-state index contributed by atoms with van der Waals surface area (Å²) >= 11 is 0. The number of nitrogens with one attached hydrogen (secondary N) is 1. The predicted octanol–water partition coefficient (Wildman–Crippen LogP) is 1.29. The molecule has 1 heterocycles. The molecule has 2 rings (SSSR count). The van der Waals surface area contributed by atoms with Crippen LogP contribution in [0.5, 0.6) is 0 Å². The molecule has 0 saturated carbocycles. The number of hydrogen-bond acceptors (Lipinski definition) is 9. The van der Waals surface area contributed by atoms with Crippen LogP contribution in [0.4, 0.5) is 10.5 Å². The Labute approximate surface area is 196 Å². The maximum absolute atomic E-state index is 12.3. The number of benzene rings is 1. The number of carbonyl (C=O) groups excluding carboxylic acids is 2. The summed E-state index contributed by atoms with van der Waals surface area (Å²) in [4.78, 5) is 35.3. The second-order valence-electron chi connectivity index (χ2n) is 8.79. The van der Waals surface area contributed by atoms with Crippen LogP contribution in [0.1, 0.15) is 38.8 Å². The van der Waals surface area contributed by atoms with Crippen LogP contribution in [-0.2, 0) is 30.2 Å². The summed E-state index contributed by atoms with van der Waals surface area (Å²) in [7, 11) is 0. The summed E-state index contributed by atoms with van der Waals surface area (Å²) in [5.41, 5.74) is 1.37. The fourth-order valence-electron chi connectivity index (χ4n) is 3.05. The van der Waals surface area contributed by atoms with E-state index in [4.69, 9.17) is 19.3 Å². The number of aliphatic hydroxyl groups excluding tert-OH is 3. The van der Waals surface area contributed by atoms with E-state index in [9.17, 15) is 29.7 Å². The average Bonchev–Trinajstić information content (AvgIpc) is 2.76. The third-order valence-corrected chi connectivity index (χ3v) is 5.02. The van der Waals surface area contributed by atoms with Crippen LogP contribution in [-0.4, -0.2) is 75.8 Å². The Hall–Kier alpha value is -2.99. The second kappa shape index (κ2) is 11.4. The maximum Gasteiger partial charge on any atom is 0.414 e. The SMILES string of the molecule is CCc1cc(/C=C/COC(=O)C(C)(C)C)ccc1NC(=O)O[C@@H]1O[C@H](C(=O)O)[C@@H](O)[C@H](O)[C@H]1O. The third-order valence-electron chi connectivity index (χ3n) is 5.02. The van der Waals surface area contributed by atoms with Gasteiger partial charge in [0.05, 0.1) is 5.41 Å². The van der Waals surface area contributed by atoms with E-state index in [1.807, 2.05) is 13.0 Å². The number of aliphatic hydroxyl groups is 3. The zero-order chi connectivity index (χ0) is 25.6. The lowest BCUT2D eigenvalue weighted by Crippen LogP contribution is -2.60. The molecule has 34 heavy (non-hydrogen) atoms. The number of ether oxygens (including phenoxy) is 3. The van der Waals surface area contributed by atoms with Gasteiger partial charge in [-0.25, -0.2) is 9.59 Å². The minimum absolute atomic E-state index is 0.117. The Bertz CT molecular complexity index is 923. The Morgan fingerprint density at radius 1 is 1.12 bits per heavy atom. The summed E-state index contributed by atoms with van der Waals surface area (Å²) in [6, 6.07) is 5.14. The van der Waals surface area contributed by atoms with Crippen molar-refractivity contribution in [3.05, 3.63) is 35.4 Å².